The first kappa shape index (κ1) is 16.4. The van der Waals surface area contributed by atoms with Crippen molar-refractivity contribution in [3.05, 3.63) is 35.6 Å². The van der Waals surface area contributed by atoms with Gasteiger partial charge in [-0.05, 0) is 43.4 Å². The van der Waals surface area contributed by atoms with Crippen molar-refractivity contribution in [2.45, 2.75) is 49.5 Å². The second-order valence-electron chi connectivity index (χ2n) is 6.82. The minimum absolute atomic E-state index is 0.133. The SMILES string of the molecule is O=C(NCC1(O)CCCC1)C1(c2cccc(F)c2)CCOCC1. The molecule has 1 aromatic carbocycles. The van der Waals surface area contributed by atoms with Crippen molar-refractivity contribution in [2.24, 2.45) is 0 Å². The van der Waals surface area contributed by atoms with Gasteiger partial charge in [-0.1, -0.05) is 25.0 Å². The van der Waals surface area contributed by atoms with E-state index in [9.17, 15) is 14.3 Å². The molecule has 1 aliphatic heterocycles. The van der Waals surface area contributed by atoms with E-state index in [-0.39, 0.29) is 18.3 Å². The molecule has 2 aliphatic rings. The second kappa shape index (κ2) is 6.57. The van der Waals surface area contributed by atoms with Crippen molar-refractivity contribution in [1.82, 2.24) is 5.32 Å². The van der Waals surface area contributed by atoms with Crippen LogP contribution in [0.1, 0.15) is 44.1 Å². The third-order valence-electron chi connectivity index (χ3n) is 5.27. The van der Waals surface area contributed by atoms with E-state index in [1.54, 1.807) is 12.1 Å². The fourth-order valence-corrected chi connectivity index (χ4v) is 3.78. The van der Waals surface area contributed by atoms with Gasteiger partial charge < -0.3 is 15.2 Å². The Balaban J connectivity index is 1.79. The minimum atomic E-state index is -0.788. The maximum absolute atomic E-state index is 13.6. The number of carbonyl (C=O) groups is 1. The number of ether oxygens (including phenoxy) is 1. The Morgan fingerprint density at radius 2 is 1.91 bits per heavy atom. The molecule has 5 heteroatoms. The molecule has 0 bridgehead atoms. The van der Waals surface area contributed by atoms with Gasteiger partial charge in [0.15, 0.2) is 0 Å². The van der Waals surface area contributed by atoms with Crippen molar-refractivity contribution in [1.29, 1.82) is 0 Å². The molecule has 1 saturated carbocycles. The maximum atomic E-state index is 13.6. The third kappa shape index (κ3) is 3.40. The van der Waals surface area contributed by atoms with E-state index in [0.29, 0.717) is 31.6 Å². The highest BCUT2D eigenvalue weighted by atomic mass is 19.1. The average Bonchev–Trinajstić information content (AvgIpc) is 3.00. The summed E-state index contributed by atoms with van der Waals surface area (Å²) in [4.78, 5) is 12.9. The van der Waals surface area contributed by atoms with Crippen LogP contribution in [-0.2, 0) is 14.9 Å². The molecule has 2 fully saturated rings. The Hall–Kier alpha value is -1.46. The molecule has 1 saturated heterocycles. The number of amides is 1. The summed E-state index contributed by atoms with van der Waals surface area (Å²) < 4.78 is 19.0. The lowest BCUT2D eigenvalue weighted by Gasteiger charge is -2.37. The van der Waals surface area contributed by atoms with E-state index in [4.69, 9.17) is 4.74 Å². The van der Waals surface area contributed by atoms with Gasteiger partial charge in [-0.25, -0.2) is 4.39 Å². The molecule has 0 atom stereocenters. The van der Waals surface area contributed by atoms with Gasteiger partial charge in [-0.15, -0.1) is 0 Å². The highest BCUT2D eigenvalue weighted by Gasteiger charge is 2.43. The van der Waals surface area contributed by atoms with Crippen LogP contribution >= 0.6 is 0 Å². The normalized spacial score (nSPS) is 22.7. The number of aliphatic hydroxyl groups is 1. The number of hydrogen-bond donors (Lipinski definition) is 2. The van der Waals surface area contributed by atoms with E-state index in [1.165, 1.54) is 12.1 Å². The first-order valence-corrected chi connectivity index (χ1v) is 8.39. The topological polar surface area (TPSA) is 58.6 Å². The van der Waals surface area contributed by atoms with Gasteiger partial charge in [0.2, 0.25) is 5.91 Å². The maximum Gasteiger partial charge on any atom is 0.230 e. The summed E-state index contributed by atoms with van der Waals surface area (Å²) in [7, 11) is 0. The smallest absolute Gasteiger partial charge is 0.230 e. The van der Waals surface area contributed by atoms with Crippen LogP contribution in [0.15, 0.2) is 24.3 Å². The molecular formula is C18H24FNO3. The predicted molar refractivity (Wildman–Crippen MR) is 84.6 cm³/mol. The molecule has 3 rings (SSSR count). The van der Waals surface area contributed by atoms with Gasteiger partial charge in [-0.3, -0.25) is 4.79 Å². The first-order valence-electron chi connectivity index (χ1n) is 8.39. The molecule has 0 aromatic heterocycles. The second-order valence-corrected chi connectivity index (χ2v) is 6.82. The Bertz CT molecular complexity index is 563. The van der Waals surface area contributed by atoms with E-state index in [1.807, 2.05) is 0 Å². The van der Waals surface area contributed by atoms with Crippen LogP contribution in [0.3, 0.4) is 0 Å². The highest BCUT2D eigenvalue weighted by Crippen LogP contribution is 2.36. The summed E-state index contributed by atoms with van der Waals surface area (Å²) in [6, 6.07) is 6.27. The third-order valence-corrected chi connectivity index (χ3v) is 5.27. The molecule has 0 spiro atoms. The number of hydrogen-bond acceptors (Lipinski definition) is 3. The molecule has 4 nitrogen and oxygen atoms in total. The zero-order valence-corrected chi connectivity index (χ0v) is 13.3. The van der Waals surface area contributed by atoms with E-state index in [2.05, 4.69) is 5.32 Å². The molecule has 1 amide bonds. The molecule has 1 heterocycles. The molecule has 23 heavy (non-hydrogen) atoms. The summed E-state index contributed by atoms with van der Waals surface area (Å²) in [5.74, 6) is -0.470. The van der Waals surface area contributed by atoms with Crippen LogP contribution in [-0.4, -0.2) is 36.4 Å². The summed E-state index contributed by atoms with van der Waals surface area (Å²) in [5, 5.41) is 13.4. The van der Waals surface area contributed by atoms with Crippen LogP contribution in [0, 0.1) is 5.82 Å². The highest BCUT2D eigenvalue weighted by molar-refractivity contribution is 5.88. The first-order chi connectivity index (χ1) is 11.0. The van der Waals surface area contributed by atoms with Crippen LogP contribution in [0.2, 0.25) is 0 Å². The Kier molecular flexibility index (Phi) is 4.69. The summed E-state index contributed by atoms with van der Waals surface area (Å²) >= 11 is 0. The lowest BCUT2D eigenvalue weighted by atomic mass is 9.73. The predicted octanol–water partition coefficient (Wildman–Crippen LogP) is 2.30. The number of benzene rings is 1. The van der Waals surface area contributed by atoms with Gasteiger partial charge in [0.1, 0.15) is 5.82 Å². The summed E-state index contributed by atoms with van der Waals surface area (Å²) in [6.45, 7) is 1.23. The van der Waals surface area contributed by atoms with Crippen molar-refractivity contribution < 1.29 is 19.0 Å². The van der Waals surface area contributed by atoms with Crippen LogP contribution in [0.5, 0.6) is 0 Å². The van der Waals surface area contributed by atoms with Gasteiger partial charge in [-0.2, -0.15) is 0 Å². The molecule has 2 N–H and O–H groups in total. The standard InChI is InChI=1S/C18H24FNO3/c19-15-5-3-4-14(12-15)18(8-10-23-11-9-18)16(21)20-13-17(22)6-1-2-7-17/h3-5,12,22H,1-2,6-11,13H2,(H,20,21). The fourth-order valence-electron chi connectivity index (χ4n) is 3.78. The van der Waals surface area contributed by atoms with Gasteiger partial charge in [0, 0.05) is 19.8 Å². The summed E-state index contributed by atoms with van der Waals surface area (Å²) in [6.07, 6.45) is 4.50. The number of halogens is 1. The Morgan fingerprint density at radius 1 is 1.22 bits per heavy atom. The van der Waals surface area contributed by atoms with E-state index >= 15 is 0 Å². The molecule has 0 unspecified atom stereocenters. The van der Waals surface area contributed by atoms with Crippen molar-refractivity contribution in [3.63, 3.8) is 0 Å². The van der Waals surface area contributed by atoms with Gasteiger partial charge in [0.25, 0.3) is 0 Å². The minimum Gasteiger partial charge on any atom is -0.388 e. The zero-order valence-electron chi connectivity index (χ0n) is 13.3. The molecule has 1 aromatic rings. The fraction of sp³-hybridized carbons (Fsp3) is 0.611. The van der Waals surface area contributed by atoms with Gasteiger partial charge >= 0.3 is 0 Å². The monoisotopic (exact) mass is 321 g/mol. The summed E-state index contributed by atoms with van der Waals surface area (Å²) in [5.41, 5.74) is -0.865. The number of nitrogens with one attached hydrogen (secondary N) is 1. The van der Waals surface area contributed by atoms with Crippen molar-refractivity contribution in [2.75, 3.05) is 19.8 Å². The quantitative estimate of drug-likeness (QED) is 0.894. The molecule has 1 aliphatic carbocycles. The van der Waals surface area contributed by atoms with E-state index in [0.717, 1.165) is 25.7 Å². The lowest BCUT2D eigenvalue weighted by Crippen LogP contribution is -2.51. The molecule has 126 valence electrons. The molecular weight excluding hydrogens is 297 g/mol. The number of rotatable bonds is 4. The van der Waals surface area contributed by atoms with Crippen LogP contribution in [0.4, 0.5) is 4.39 Å². The Morgan fingerprint density at radius 3 is 2.57 bits per heavy atom. The van der Waals surface area contributed by atoms with E-state index < -0.39 is 11.0 Å². The lowest BCUT2D eigenvalue weighted by molar-refractivity contribution is -0.131. The van der Waals surface area contributed by atoms with Gasteiger partial charge in [0.05, 0.1) is 11.0 Å². The molecule has 0 radical (unpaired) electrons. The van der Waals surface area contributed by atoms with Crippen LogP contribution < -0.4 is 5.32 Å². The Labute approximate surface area is 136 Å². The number of carbonyl (C=O) groups excluding carboxylic acids is 1. The largest absolute Gasteiger partial charge is 0.388 e. The zero-order chi connectivity index (χ0) is 16.3. The van der Waals surface area contributed by atoms with Crippen molar-refractivity contribution in [3.8, 4) is 0 Å². The van der Waals surface area contributed by atoms with Crippen LogP contribution in [0.25, 0.3) is 0 Å². The van der Waals surface area contributed by atoms with Crippen molar-refractivity contribution >= 4 is 5.91 Å². The average molecular weight is 321 g/mol.